The molecule has 0 aliphatic heterocycles. The monoisotopic (exact) mass is 375 g/mol. The van der Waals surface area contributed by atoms with Crippen molar-refractivity contribution in [2.24, 2.45) is 0 Å². The topological polar surface area (TPSA) is 81.2 Å². The predicted molar refractivity (Wildman–Crippen MR) is 96.0 cm³/mol. The average molecular weight is 375 g/mol. The molecular weight excluding hydrogens is 358 g/mol. The summed E-state index contributed by atoms with van der Waals surface area (Å²) < 4.78 is 32.4. The SMILES string of the molecule is O=S(=O)(NCCc1csc(COc2cccnc2)n1)c1ccccc1. The molecule has 0 saturated carbocycles. The van der Waals surface area contributed by atoms with Gasteiger partial charge in [-0.05, 0) is 24.3 Å². The van der Waals surface area contributed by atoms with Crippen LogP contribution in [0.15, 0.2) is 65.1 Å². The molecule has 0 spiro atoms. The van der Waals surface area contributed by atoms with Gasteiger partial charge in [-0.25, -0.2) is 18.1 Å². The summed E-state index contributed by atoms with van der Waals surface area (Å²) in [7, 11) is -3.48. The van der Waals surface area contributed by atoms with E-state index in [0.29, 0.717) is 25.3 Å². The number of nitrogens with one attached hydrogen (secondary N) is 1. The van der Waals surface area contributed by atoms with E-state index in [0.717, 1.165) is 10.7 Å². The van der Waals surface area contributed by atoms with Gasteiger partial charge in [-0.15, -0.1) is 11.3 Å². The van der Waals surface area contributed by atoms with Gasteiger partial charge in [0.25, 0.3) is 0 Å². The Morgan fingerprint density at radius 3 is 2.72 bits per heavy atom. The van der Waals surface area contributed by atoms with Crippen LogP contribution in [-0.2, 0) is 23.1 Å². The van der Waals surface area contributed by atoms with Crippen LogP contribution in [0.5, 0.6) is 5.75 Å². The Labute approximate surface area is 150 Å². The second kappa shape index (κ2) is 8.19. The van der Waals surface area contributed by atoms with Gasteiger partial charge in [-0.2, -0.15) is 0 Å². The van der Waals surface area contributed by atoms with Gasteiger partial charge in [0.1, 0.15) is 17.4 Å². The highest BCUT2D eigenvalue weighted by molar-refractivity contribution is 7.89. The number of thiazole rings is 1. The number of hydrogen-bond acceptors (Lipinski definition) is 6. The minimum Gasteiger partial charge on any atom is -0.485 e. The molecule has 25 heavy (non-hydrogen) atoms. The van der Waals surface area contributed by atoms with Crippen molar-refractivity contribution in [3.63, 3.8) is 0 Å². The van der Waals surface area contributed by atoms with Crippen molar-refractivity contribution in [1.82, 2.24) is 14.7 Å². The van der Waals surface area contributed by atoms with Crippen LogP contribution in [0, 0.1) is 0 Å². The van der Waals surface area contributed by atoms with Crippen molar-refractivity contribution in [2.45, 2.75) is 17.9 Å². The Hall–Kier alpha value is -2.29. The molecule has 0 aliphatic rings. The van der Waals surface area contributed by atoms with Crippen LogP contribution in [0.2, 0.25) is 0 Å². The Bertz CT molecular complexity index is 897. The molecule has 6 nitrogen and oxygen atoms in total. The van der Waals surface area contributed by atoms with Crippen LogP contribution in [0.25, 0.3) is 0 Å². The van der Waals surface area contributed by atoms with E-state index >= 15 is 0 Å². The predicted octanol–water partition coefficient (Wildman–Crippen LogP) is 2.64. The van der Waals surface area contributed by atoms with Crippen LogP contribution in [0.4, 0.5) is 0 Å². The standard InChI is InChI=1S/C17H17N3O3S2/c21-25(22,16-6-2-1-3-7-16)19-10-8-14-13-24-17(20-14)12-23-15-5-4-9-18-11-15/h1-7,9,11,13,19H,8,10,12H2. The van der Waals surface area contributed by atoms with Gasteiger partial charge in [0.05, 0.1) is 16.8 Å². The van der Waals surface area contributed by atoms with Crippen LogP contribution in [0.1, 0.15) is 10.7 Å². The number of ether oxygens (including phenoxy) is 1. The molecule has 0 aliphatic carbocycles. The fourth-order valence-electron chi connectivity index (χ4n) is 2.10. The van der Waals surface area contributed by atoms with Crippen molar-refractivity contribution in [2.75, 3.05) is 6.54 Å². The third kappa shape index (κ3) is 5.09. The van der Waals surface area contributed by atoms with E-state index in [9.17, 15) is 8.42 Å². The van der Waals surface area contributed by atoms with Crippen molar-refractivity contribution in [1.29, 1.82) is 0 Å². The molecule has 0 unspecified atom stereocenters. The van der Waals surface area contributed by atoms with E-state index in [1.54, 1.807) is 42.7 Å². The summed E-state index contributed by atoms with van der Waals surface area (Å²) in [5.41, 5.74) is 0.838. The molecule has 0 amide bonds. The van der Waals surface area contributed by atoms with Gasteiger partial charge in [-0.1, -0.05) is 18.2 Å². The molecule has 3 aromatic rings. The van der Waals surface area contributed by atoms with Gasteiger partial charge >= 0.3 is 0 Å². The lowest BCUT2D eigenvalue weighted by Gasteiger charge is -2.05. The molecule has 0 bridgehead atoms. The molecule has 0 saturated heterocycles. The fourth-order valence-corrected chi connectivity index (χ4v) is 3.90. The van der Waals surface area contributed by atoms with E-state index in [4.69, 9.17) is 4.74 Å². The summed E-state index contributed by atoms with van der Waals surface area (Å²) in [6.07, 6.45) is 3.85. The third-order valence-electron chi connectivity index (χ3n) is 3.32. The average Bonchev–Trinajstić information content (AvgIpc) is 3.09. The van der Waals surface area contributed by atoms with Crippen LogP contribution in [0.3, 0.4) is 0 Å². The van der Waals surface area contributed by atoms with Crippen LogP contribution < -0.4 is 9.46 Å². The number of sulfonamides is 1. The number of benzene rings is 1. The molecular formula is C17H17N3O3S2. The minimum atomic E-state index is -3.48. The van der Waals surface area contributed by atoms with Gasteiger partial charge in [0.15, 0.2) is 0 Å². The molecule has 0 radical (unpaired) electrons. The zero-order valence-corrected chi connectivity index (χ0v) is 15.0. The Morgan fingerprint density at radius 1 is 1.12 bits per heavy atom. The zero-order chi connectivity index (χ0) is 17.5. The summed E-state index contributed by atoms with van der Waals surface area (Å²) in [6, 6.07) is 12.0. The number of aromatic nitrogens is 2. The van der Waals surface area contributed by atoms with Crippen molar-refractivity contribution in [3.05, 3.63) is 70.9 Å². The van der Waals surface area contributed by atoms with E-state index in [-0.39, 0.29) is 4.90 Å². The number of nitrogens with zero attached hydrogens (tertiary/aromatic N) is 2. The smallest absolute Gasteiger partial charge is 0.240 e. The summed E-state index contributed by atoms with van der Waals surface area (Å²) in [6.45, 7) is 0.663. The Kier molecular flexibility index (Phi) is 5.75. The largest absolute Gasteiger partial charge is 0.485 e. The highest BCUT2D eigenvalue weighted by atomic mass is 32.2. The van der Waals surface area contributed by atoms with Crippen molar-refractivity contribution >= 4 is 21.4 Å². The fraction of sp³-hybridized carbons (Fsp3) is 0.176. The second-order valence-electron chi connectivity index (χ2n) is 5.17. The lowest BCUT2D eigenvalue weighted by molar-refractivity contribution is 0.304. The molecule has 2 heterocycles. The highest BCUT2D eigenvalue weighted by Crippen LogP contribution is 2.14. The van der Waals surface area contributed by atoms with Crippen molar-refractivity contribution < 1.29 is 13.2 Å². The number of pyridine rings is 1. The molecule has 1 N–H and O–H groups in total. The molecule has 2 aromatic heterocycles. The van der Waals surface area contributed by atoms with Gasteiger partial charge in [0, 0.05) is 24.5 Å². The van der Waals surface area contributed by atoms with E-state index in [1.165, 1.54) is 11.3 Å². The Morgan fingerprint density at radius 2 is 1.96 bits per heavy atom. The summed E-state index contributed by atoms with van der Waals surface area (Å²) in [5, 5.41) is 2.75. The van der Waals surface area contributed by atoms with Crippen molar-refractivity contribution in [3.8, 4) is 5.75 Å². The lowest BCUT2D eigenvalue weighted by atomic mass is 10.3. The normalized spacial score (nSPS) is 11.4. The summed E-state index contributed by atoms with van der Waals surface area (Å²) in [4.78, 5) is 8.70. The first-order valence-electron chi connectivity index (χ1n) is 7.64. The first-order valence-corrected chi connectivity index (χ1v) is 10.0. The molecule has 1 aromatic carbocycles. The highest BCUT2D eigenvalue weighted by Gasteiger charge is 2.12. The van der Waals surface area contributed by atoms with Gasteiger partial charge in [0.2, 0.25) is 10.0 Å². The first-order chi connectivity index (χ1) is 12.1. The quantitative estimate of drug-likeness (QED) is 0.655. The maximum atomic E-state index is 12.1. The van der Waals surface area contributed by atoms with Gasteiger partial charge in [-0.3, -0.25) is 4.98 Å². The van der Waals surface area contributed by atoms with E-state index < -0.39 is 10.0 Å². The molecule has 8 heteroatoms. The second-order valence-corrected chi connectivity index (χ2v) is 7.88. The molecule has 130 valence electrons. The maximum absolute atomic E-state index is 12.1. The van der Waals surface area contributed by atoms with Gasteiger partial charge < -0.3 is 4.74 Å². The summed E-state index contributed by atoms with van der Waals surface area (Å²) in [5.74, 6) is 0.690. The maximum Gasteiger partial charge on any atom is 0.240 e. The van der Waals surface area contributed by atoms with E-state index in [1.807, 2.05) is 17.5 Å². The first kappa shape index (κ1) is 17.5. The lowest BCUT2D eigenvalue weighted by Crippen LogP contribution is -2.26. The molecule has 0 fully saturated rings. The Balaban J connectivity index is 1.49. The molecule has 0 atom stereocenters. The summed E-state index contributed by atoms with van der Waals surface area (Å²) >= 11 is 1.49. The molecule has 3 rings (SSSR count). The van der Waals surface area contributed by atoms with Crippen LogP contribution >= 0.6 is 11.3 Å². The third-order valence-corrected chi connectivity index (χ3v) is 5.67. The van der Waals surface area contributed by atoms with Crippen LogP contribution in [-0.4, -0.2) is 24.9 Å². The number of hydrogen-bond donors (Lipinski definition) is 1. The minimum absolute atomic E-state index is 0.263. The zero-order valence-electron chi connectivity index (χ0n) is 13.3. The van der Waals surface area contributed by atoms with E-state index in [2.05, 4.69) is 14.7 Å². The number of rotatable bonds is 8.